The van der Waals surface area contributed by atoms with Crippen LogP contribution in [0.25, 0.3) is 0 Å². The summed E-state index contributed by atoms with van der Waals surface area (Å²) in [6, 6.07) is 0. The summed E-state index contributed by atoms with van der Waals surface area (Å²) in [5.74, 6) is 4.65. The zero-order valence-corrected chi connectivity index (χ0v) is 13.0. The van der Waals surface area contributed by atoms with Crippen LogP contribution < -0.4 is 15.4 Å². The molecule has 1 saturated heterocycles. The molecule has 0 aromatic carbocycles. The molecule has 0 radical (unpaired) electrons. The van der Waals surface area contributed by atoms with Crippen LogP contribution >= 0.6 is 11.8 Å². The van der Waals surface area contributed by atoms with Gasteiger partial charge in [-0.25, -0.2) is 9.97 Å². The summed E-state index contributed by atoms with van der Waals surface area (Å²) < 4.78 is 5.40. The second kappa shape index (κ2) is 8.16. The number of rotatable bonds is 7. The Bertz CT molecular complexity index is 412. The highest BCUT2D eigenvalue weighted by Gasteiger charge is 2.13. The van der Waals surface area contributed by atoms with E-state index in [2.05, 4.69) is 25.5 Å². The highest BCUT2D eigenvalue weighted by molar-refractivity contribution is 7.99. The molecule has 0 spiro atoms. The molecule has 2 heterocycles. The predicted octanol–water partition coefficient (Wildman–Crippen LogP) is 1.38. The molecule has 0 amide bonds. The first kappa shape index (κ1) is 15.2. The van der Waals surface area contributed by atoms with Gasteiger partial charge in [0.25, 0.3) is 0 Å². The number of anilines is 2. The van der Waals surface area contributed by atoms with Crippen LogP contribution in [0.3, 0.4) is 0 Å². The Kier molecular flexibility index (Phi) is 6.20. The summed E-state index contributed by atoms with van der Waals surface area (Å²) in [6.45, 7) is 7.08. The number of methoxy groups -OCH3 is 1. The zero-order valence-electron chi connectivity index (χ0n) is 12.2. The minimum atomic E-state index is 0.684. The Balaban J connectivity index is 1.89. The molecule has 1 aromatic heterocycles. The van der Waals surface area contributed by atoms with Gasteiger partial charge in [0, 0.05) is 44.2 Å². The average Bonchev–Trinajstić information content (AvgIpc) is 2.49. The fraction of sp³-hybridized carbons (Fsp3) is 0.692. The summed E-state index contributed by atoms with van der Waals surface area (Å²) >= 11 is 2.03. The Morgan fingerprint density at radius 1 is 1.25 bits per heavy atom. The van der Waals surface area contributed by atoms with Gasteiger partial charge in [-0.2, -0.15) is 11.8 Å². The Morgan fingerprint density at radius 3 is 2.60 bits per heavy atom. The van der Waals surface area contributed by atoms with Crippen LogP contribution in [0.4, 0.5) is 11.6 Å². The maximum absolute atomic E-state index is 5.40. The lowest BCUT2D eigenvalue weighted by molar-refractivity contribution is 0.314. The molecular weight excluding hydrogens is 274 g/mol. The van der Waals surface area contributed by atoms with Crippen molar-refractivity contribution in [2.75, 3.05) is 62.0 Å². The number of nitrogens with one attached hydrogen (secondary N) is 2. The van der Waals surface area contributed by atoms with Gasteiger partial charge in [0.15, 0.2) is 11.6 Å². The van der Waals surface area contributed by atoms with Crippen LogP contribution in [0.15, 0.2) is 6.33 Å². The van der Waals surface area contributed by atoms with Crippen molar-refractivity contribution in [2.24, 2.45) is 0 Å². The van der Waals surface area contributed by atoms with Gasteiger partial charge in [-0.3, -0.25) is 4.90 Å². The smallest absolute Gasteiger partial charge is 0.204 e. The number of ether oxygens (including phenoxy) is 1. The summed E-state index contributed by atoms with van der Waals surface area (Å²) in [5, 5.41) is 6.52. The highest BCUT2D eigenvalue weighted by Crippen LogP contribution is 2.28. The van der Waals surface area contributed by atoms with E-state index in [4.69, 9.17) is 4.74 Å². The molecular formula is C13H23N5OS. The van der Waals surface area contributed by atoms with Crippen LogP contribution in [0.2, 0.25) is 0 Å². The summed E-state index contributed by atoms with van der Waals surface area (Å²) in [6.07, 6.45) is 1.56. The molecule has 0 atom stereocenters. The number of hydrogen-bond acceptors (Lipinski definition) is 7. The minimum Gasteiger partial charge on any atom is -0.490 e. The Morgan fingerprint density at radius 2 is 1.95 bits per heavy atom. The van der Waals surface area contributed by atoms with Crippen molar-refractivity contribution >= 4 is 23.4 Å². The molecule has 1 aliphatic heterocycles. The molecule has 1 aromatic rings. The van der Waals surface area contributed by atoms with E-state index in [1.165, 1.54) is 24.6 Å². The third-order valence-corrected chi connectivity index (χ3v) is 4.12. The van der Waals surface area contributed by atoms with Crippen LogP contribution in [-0.4, -0.2) is 66.2 Å². The average molecular weight is 297 g/mol. The number of hydrogen-bond donors (Lipinski definition) is 2. The number of aromatic nitrogens is 2. The van der Waals surface area contributed by atoms with Crippen molar-refractivity contribution < 1.29 is 4.74 Å². The molecule has 7 heteroatoms. The maximum Gasteiger partial charge on any atom is 0.204 e. The molecule has 20 heavy (non-hydrogen) atoms. The van der Waals surface area contributed by atoms with Crippen LogP contribution in [0, 0.1) is 0 Å². The molecule has 1 aliphatic rings. The van der Waals surface area contributed by atoms with Gasteiger partial charge < -0.3 is 15.4 Å². The lowest BCUT2D eigenvalue weighted by atomic mass is 10.4. The maximum atomic E-state index is 5.40. The monoisotopic (exact) mass is 297 g/mol. The van der Waals surface area contributed by atoms with Crippen LogP contribution in [0.5, 0.6) is 5.75 Å². The molecule has 0 bridgehead atoms. The molecule has 6 nitrogen and oxygen atoms in total. The van der Waals surface area contributed by atoms with Crippen molar-refractivity contribution in [3.63, 3.8) is 0 Å². The third kappa shape index (κ3) is 4.14. The van der Waals surface area contributed by atoms with E-state index in [9.17, 15) is 0 Å². The van der Waals surface area contributed by atoms with Crippen molar-refractivity contribution in [2.45, 2.75) is 6.92 Å². The number of thioether (sulfide) groups is 1. The molecule has 112 valence electrons. The SMILES string of the molecule is CCNc1ncnc(NCCN2CCSCC2)c1OC. The predicted molar refractivity (Wildman–Crippen MR) is 85.0 cm³/mol. The first-order valence-corrected chi connectivity index (χ1v) is 8.17. The fourth-order valence-electron chi connectivity index (χ4n) is 2.14. The lowest BCUT2D eigenvalue weighted by Crippen LogP contribution is -2.36. The topological polar surface area (TPSA) is 62.3 Å². The van der Waals surface area contributed by atoms with Gasteiger partial charge >= 0.3 is 0 Å². The van der Waals surface area contributed by atoms with E-state index in [1.54, 1.807) is 13.4 Å². The Labute approximate surface area is 124 Å². The van der Waals surface area contributed by atoms with Gasteiger partial charge in [-0.05, 0) is 6.92 Å². The lowest BCUT2D eigenvalue weighted by Gasteiger charge is -2.26. The quantitative estimate of drug-likeness (QED) is 0.788. The van der Waals surface area contributed by atoms with Crippen molar-refractivity contribution in [3.8, 4) is 5.75 Å². The van der Waals surface area contributed by atoms with Crippen molar-refractivity contribution in [1.82, 2.24) is 14.9 Å². The summed E-state index contributed by atoms with van der Waals surface area (Å²) in [5.41, 5.74) is 0. The zero-order chi connectivity index (χ0) is 14.2. The van der Waals surface area contributed by atoms with Crippen LogP contribution in [-0.2, 0) is 0 Å². The van der Waals surface area contributed by atoms with Gasteiger partial charge in [0.1, 0.15) is 6.33 Å². The van der Waals surface area contributed by atoms with E-state index >= 15 is 0 Å². The van der Waals surface area contributed by atoms with Gasteiger partial charge in [-0.15, -0.1) is 0 Å². The highest BCUT2D eigenvalue weighted by atomic mass is 32.2. The molecule has 1 fully saturated rings. The first-order valence-electron chi connectivity index (χ1n) is 7.02. The van der Waals surface area contributed by atoms with Crippen LogP contribution in [0.1, 0.15) is 6.92 Å². The molecule has 0 saturated carbocycles. The standard InChI is InChI=1S/C13H23N5OS/c1-3-14-12-11(19-2)13(17-10-16-12)15-4-5-18-6-8-20-9-7-18/h10H,3-9H2,1-2H3,(H2,14,15,16,17). The fourth-order valence-corrected chi connectivity index (χ4v) is 3.12. The molecule has 2 rings (SSSR count). The van der Waals surface area contributed by atoms with Gasteiger partial charge in [-0.1, -0.05) is 0 Å². The van der Waals surface area contributed by atoms with E-state index in [1.807, 2.05) is 18.7 Å². The third-order valence-electron chi connectivity index (χ3n) is 3.18. The second-order valence-electron chi connectivity index (χ2n) is 4.52. The first-order chi connectivity index (χ1) is 9.85. The van der Waals surface area contributed by atoms with E-state index in [0.29, 0.717) is 5.75 Å². The van der Waals surface area contributed by atoms with E-state index < -0.39 is 0 Å². The molecule has 0 aliphatic carbocycles. The summed E-state index contributed by atoms with van der Waals surface area (Å²) in [7, 11) is 1.65. The van der Waals surface area contributed by atoms with Gasteiger partial charge in [0.05, 0.1) is 7.11 Å². The summed E-state index contributed by atoms with van der Waals surface area (Å²) in [4.78, 5) is 10.9. The van der Waals surface area contributed by atoms with E-state index in [0.717, 1.165) is 31.3 Å². The Hall–Kier alpha value is -1.21. The molecule has 2 N–H and O–H groups in total. The largest absolute Gasteiger partial charge is 0.490 e. The van der Waals surface area contributed by atoms with E-state index in [-0.39, 0.29) is 0 Å². The normalized spacial score (nSPS) is 15.9. The minimum absolute atomic E-state index is 0.684. The van der Waals surface area contributed by atoms with Gasteiger partial charge in [0.2, 0.25) is 5.75 Å². The molecule has 0 unspecified atom stereocenters. The number of nitrogens with zero attached hydrogens (tertiary/aromatic N) is 3. The van der Waals surface area contributed by atoms with Crippen molar-refractivity contribution in [3.05, 3.63) is 6.33 Å². The van der Waals surface area contributed by atoms with Crippen molar-refractivity contribution in [1.29, 1.82) is 0 Å². The second-order valence-corrected chi connectivity index (χ2v) is 5.74.